The van der Waals surface area contributed by atoms with Crippen LogP contribution in [-0.2, 0) is 35.6 Å². The quantitative estimate of drug-likeness (QED) is 0.720. The summed E-state index contributed by atoms with van der Waals surface area (Å²) in [5, 5.41) is 0.606. The number of carbonyl (C=O) groups excluding carboxylic acids is 2. The monoisotopic (exact) mass is 396 g/mol. The van der Waals surface area contributed by atoms with Crippen LogP contribution in [0.5, 0.6) is 0 Å². The summed E-state index contributed by atoms with van der Waals surface area (Å²) in [7, 11) is -3.98. The number of hydrogen-bond acceptors (Lipinski definition) is 6. The fraction of sp³-hybridized carbons (Fsp3) is 0.444. The number of aromatic nitrogens is 1. The van der Waals surface area contributed by atoms with Gasteiger partial charge in [-0.25, -0.2) is 8.42 Å². The lowest BCUT2D eigenvalue weighted by Gasteiger charge is -2.19. The normalized spacial score (nSPS) is 12.0. The highest BCUT2D eigenvalue weighted by atomic mass is 32.2. The molecule has 1 N–H and O–H groups in total. The molecule has 0 aliphatic carbocycles. The van der Waals surface area contributed by atoms with E-state index in [4.69, 9.17) is 9.47 Å². The van der Waals surface area contributed by atoms with Gasteiger partial charge in [0.25, 0.3) is 0 Å². The van der Waals surface area contributed by atoms with E-state index < -0.39 is 33.3 Å². The second-order valence-electron chi connectivity index (χ2n) is 6.94. The molecule has 0 aliphatic heterocycles. The van der Waals surface area contributed by atoms with E-state index in [1.807, 2.05) is 0 Å². The Morgan fingerprint density at radius 2 is 1.81 bits per heavy atom. The van der Waals surface area contributed by atoms with E-state index >= 15 is 0 Å². The number of nitrogens with zero attached hydrogens (tertiary/aromatic N) is 1. The SMILES string of the molecule is CCOC(=O)Cn1cc(NS(=O)(=O)CC(=O)OC(C)(C)C)c2ccccc21. The van der Waals surface area contributed by atoms with Crippen LogP contribution in [0.3, 0.4) is 0 Å². The van der Waals surface area contributed by atoms with Crippen molar-refractivity contribution in [3.8, 4) is 0 Å². The lowest BCUT2D eigenvalue weighted by atomic mass is 10.2. The van der Waals surface area contributed by atoms with Crippen LogP contribution >= 0.6 is 0 Å². The molecule has 0 amide bonds. The standard InChI is InChI=1S/C18H24N2O6S/c1-5-25-16(21)11-20-10-14(13-8-6-7-9-15(13)20)19-27(23,24)12-17(22)26-18(2,3)4/h6-10,19H,5,11-12H2,1-4H3. The smallest absolute Gasteiger partial charge is 0.325 e. The van der Waals surface area contributed by atoms with Crippen LogP contribution in [0.15, 0.2) is 30.5 Å². The highest BCUT2D eigenvalue weighted by Crippen LogP contribution is 2.27. The molecule has 0 spiro atoms. The minimum atomic E-state index is -3.98. The molecule has 1 aromatic heterocycles. The number of carbonyl (C=O) groups is 2. The Kier molecular flexibility index (Phi) is 6.15. The van der Waals surface area contributed by atoms with Crippen molar-refractivity contribution in [1.29, 1.82) is 0 Å². The van der Waals surface area contributed by atoms with E-state index in [1.165, 1.54) is 6.20 Å². The predicted octanol–water partition coefficient (Wildman–Crippen LogP) is 2.29. The fourth-order valence-electron chi connectivity index (χ4n) is 2.53. The molecule has 1 aromatic carbocycles. The molecule has 2 aromatic rings. The first kappa shape index (κ1) is 20.8. The molecule has 0 saturated carbocycles. The number of sulfonamides is 1. The summed E-state index contributed by atoms with van der Waals surface area (Å²) in [6, 6.07) is 7.02. The second kappa shape index (κ2) is 7.99. The van der Waals surface area contributed by atoms with Gasteiger partial charge in [-0.3, -0.25) is 14.3 Å². The highest BCUT2D eigenvalue weighted by Gasteiger charge is 2.24. The van der Waals surface area contributed by atoms with E-state index in [1.54, 1.807) is 56.5 Å². The van der Waals surface area contributed by atoms with Crippen LogP contribution in [0, 0.1) is 0 Å². The fourth-order valence-corrected chi connectivity index (χ4v) is 3.47. The van der Waals surface area contributed by atoms with E-state index in [-0.39, 0.29) is 18.8 Å². The average Bonchev–Trinajstić information content (AvgIpc) is 2.82. The number of nitrogens with one attached hydrogen (secondary N) is 1. The summed E-state index contributed by atoms with van der Waals surface area (Å²) in [6.07, 6.45) is 1.51. The van der Waals surface area contributed by atoms with Crippen molar-refractivity contribution >= 4 is 38.6 Å². The molecule has 2 rings (SSSR count). The first-order valence-electron chi connectivity index (χ1n) is 8.46. The molecule has 0 bridgehead atoms. The number of anilines is 1. The zero-order valence-corrected chi connectivity index (χ0v) is 16.6. The van der Waals surface area contributed by atoms with E-state index in [2.05, 4.69) is 4.72 Å². The van der Waals surface area contributed by atoms with Gasteiger partial charge in [0, 0.05) is 11.6 Å². The highest BCUT2D eigenvalue weighted by molar-refractivity contribution is 7.93. The third-order valence-corrected chi connectivity index (χ3v) is 4.53. The molecule has 0 atom stereocenters. The molecule has 0 radical (unpaired) electrons. The van der Waals surface area contributed by atoms with Crippen molar-refractivity contribution in [2.45, 2.75) is 39.8 Å². The van der Waals surface area contributed by atoms with E-state index in [9.17, 15) is 18.0 Å². The van der Waals surface area contributed by atoms with Crippen LogP contribution in [0.2, 0.25) is 0 Å². The summed E-state index contributed by atoms with van der Waals surface area (Å²) < 4.78 is 38.7. The largest absolute Gasteiger partial charge is 0.465 e. The molecular formula is C18H24N2O6S. The topological polar surface area (TPSA) is 104 Å². The number of ether oxygens (including phenoxy) is 2. The van der Waals surface area contributed by atoms with Crippen molar-refractivity contribution < 1.29 is 27.5 Å². The summed E-state index contributed by atoms with van der Waals surface area (Å²) >= 11 is 0. The van der Waals surface area contributed by atoms with Gasteiger partial charge in [0.1, 0.15) is 12.1 Å². The molecule has 1 heterocycles. The maximum atomic E-state index is 12.4. The van der Waals surface area contributed by atoms with Crippen molar-refractivity contribution in [1.82, 2.24) is 4.57 Å². The number of esters is 2. The minimum absolute atomic E-state index is 0.0534. The lowest BCUT2D eigenvalue weighted by Crippen LogP contribution is -2.30. The molecule has 0 unspecified atom stereocenters. The number of para-hydroxylation sites is 1. The number of fused-ring (bicyclic) bond motifs is 1. The number of rotatable bonds is 7. The van der Waals surface area contributed by atoms with Crippen LogP contribution in [0.1, 0.15) is 27.7 Å². The maximum Gasteiger partial charge on any atom is 0.325 e. The van der Waals surface area contributed by atoms with Crippen molar-refractivity contribution in [3.63, 3.8) is 0 Å². The number of hydrogen-bond donors (Lipinski definition) is 1. The van der Waals surface area contributed by atoms with Crippen LogP contribution in [-0.4, -0.2) is 42.9 Å². The van der Waals surface area contributed by atoms with Crippen molar-refractivity contribution in [2.24, 2.45) is 0 Å². The lowest BCUT2D eigenvalue weighted by molar-refractivity contribution is -0.151. The Bertz CT molecular complexity index is 940. The van der Waals surface area contributed by atoms with Crippen molar-refractivity contribution in [3.05, 3.63) is 30.5 Å². The van der Waals surface area contributed by atoms with Gasteiger partial charge in [0.15, 0.2) is 5.75 Å². The molecule has 8 nitrogen and oxygen atoms in total. The summed E-state index contributed by atoms with van der Waals surface area (Å²) in [5.74, 6) is -2.08. The zero-order chi connectivity index (χ0) is 20.2. The van der Waals surface area contributed by atoms with Gasteiger partial charge in [-0.2, -0.15) is 0 Å². The van der Waals surface area contributed by atoms with E-state index in [0.29, 0.717) is 10.9 Å². The van der Waals surface area contributed by atoms with Gasteiger partial charge in [0.2, 0.25) is 10.0 Å². The van der Waals surface area contributed by atoms with Gasteiger partial charge in [-0.15, -0.1) is 0 Å². The number of benzene rings is 1. The first-order chi connectivity index (χ1) is 12.5. The molecule has 0 saturated heterocycles. The summed E-state index contributed by atoms with van der Waals surface area (Å²) in [5.41, 5.74) is 0.168. The Morgan fingerprint density at radius 3 is 2.44 bits per heavy atom. The molecule has 27 heavy (non-hydrogen) atoms. The van der Waals surface area contributed by atoms with Crippen LogP contribution in [0.25, 0.3) is 10.9 Å². The molecule has 148 valence electrons. The minimum Gasteiger partial charge on any atom is -0.465 e. The Hall–Kier alpha value is -2.55. The Labute approximate surface area is 158 Å². The third-order valence-electron chi connectivity index (χ3n) is 3.39. The van der Waals surface area contributed by atoms with Gasteiger partial charge >= 0.3 is 11.9 Å². The maximum absolute atomic E-state index is 12.4. The Balaban J connectivity index is 2.25. The summed E-state index contributed by atoms with van der Waals surface area (Å²) in [6.45, 7) is 6.90. The van der Waals surface area contributed by atoms with E-state index in [0.717, 1.165) is 0 Å². The van der Waals surface area contributed by atoms with Gasteiger partial charge in [0.05, 0.1) is 17.8 Å². The molecule has 9 heteroatoms. The van der Waals surface area contributed by atoms with Gasteiger partial charge in [-0.05, 0) is 33.8 Å². The average molecular weight is 396 g/mol. The molecular weight excluding hydrogens is 372 g/mol. The molecule has 0 aliphatic rings. The predicted molar refractivity (Wildman–Crippen MR) is 102 cm³/mol. The van der Waals surface area contributed by atoms with Gasteiger partial charge < -0.3 is 14.0 Å². The summed E-state index contributed by atoms with van der Waals surface area (Å²) in [4.78, 5) is 23.6. The van der Waals surface area contributed by atoms with Crippen LogP contribution in [0.4, 0.5) is 5.69 Å². The first-order valence-corrected chi connectivity index (χ1v) is 10.1. The third kappa shape index (κ3) is 5.99. The van der Waals surface area contributed by atoms with Crippen molar-refractivity contribution in [2.75, 3.05) is 17.1 Å². The second-order valence-corrected chi connectivity index (χ2v) is 8.66. The zero-order valence-electron chi connectivity index (χ0n) is 15.8. The molecule has 0 fully saturated rings. The van der Waals surface area contributed by atoms with Crippen LogP contribution < -0.4 is 4.72 Å². The van der Waals surface area contributed by atoms with Gasteiger partial charge in [-0.1, -0.05) is 18.2 Å². The Morgan fingerprint density at radius 1 is 1.15 bits per heavy atom.